The normalized spacial score (nSPS) is 10.7. The van der Waals surface area contributed by atoms with Gasteiger partial charge in [-0.2, -0.15) is 5.10 Å². The van der Waals surface area contributed by atoms with Gasteiger partial charge in [0.1, 0.15) is 17.1 Å². The fraction of sp³-hybridized carbons (Fsp3) is 0. The van der Waals surface area contributed by atoms with Crippen LogP contribution in [0.4, 0.5) is 11.4 Å². The molecular weight excluding hydrogens is 368 g/mol. The van der Waals surface area contributed by atoms with Gasteiger partial charge in [0.25, 0.3) is 17.3 Å². The van der Waals surface area contributed by atoms with E-state index in [-0.39, 0.29) is 22.7 Å². The molecule has 10 nitrogen and oxygen atoms in total. The van der Waals surface area contributed by atoms with Crippen LogP contribution in [-0.4, -0.2) is 22.0 Å². The Balaban J connectivity index is 1.71. The van der Waals surface area contributed by atoms with Crippen molar-refractivity contribution in [3.8, 4) is 11.3 Å². The van der Waals surface area contributed by atoms with Crippen LogP contribution in [0.5, 0.6) is 0 Å². The van der Waals surface area contributed by atoms with Crippen LogP contribution in [-0.2, 0) is 0 Å². The first-order chi connectivity index (χ1) is 13.5. The number of carbonyl (C=O) groups excluding carboxylic acids is 1. The smallest absolute Gasteiger partial charge is 0.282 e. The molecular formula is C18H12N4O6. The summed E-state index contributed by atoms with van der Waals surface area (Å²) in [4.78, 5) is 32.7. The maximum atomic E-state index is 12.1. The monoisotopic (exact) mass is 380 g/mol. The maximum Gasteiger partial charge on any atom is 0.282 e. The maximum absolute atomic E-state index is 12.1. The summed E-state index contributed by atoms with van der Waals surface area (Å²) in [5, 5.41) is 25.5. The van der Waals surface area contributed by atoms with Gasteiger partial charge in [-0.25, -0.2) is 5.43 Å². The number of hydrogen-bond donors (Lipinski definition) is 1. The highest BCUT2D eigenvalue weighted by Gasteiger charge is 2.18. The summed E-state index contributed by atoms with van der Waals surface area (Å²) >= 11 is 0. The fourth-order valence-corrected chi connectivity index (χ4v) is 2.39. The van der Waals surface area contributed by atoms with Gasteiger partial charge in [-0.15, -0.1) is 0 Å². The molecule has 1 N–H and O–H groups in total. The molecule has 1 amide bonds. The van der Waals surface area contributed by atoms with Gasteiger partial charge in [0.15, 0.2) is 0 Å². The second-order valence-corrected chi connectivity index (χ2v) is 5.48. The first kappa shape index (κ1) is 18.5. The van der Waals surface area contributed by atoms with Gasteiger partial charge in [0, 0.05) is 23.8 Å². The summed E-state index contributed by atoms with van der Waals surface area (Å²) in [5.74, 6) is -0.0754. The number of rotatable bonds is 6. The molecule has 0 aliphatic heterocycles. The largest absolute Gasteiger partial charge is 0.455 e. The van der Waals surface area contributed by atoms with Gasteiger partial charge in [-0.05, 0) is 18.2 Å². The average Bonchev–Trinajstić information content (AvgIpc) is 3.17. The predicted octanol–water partition coefficient (Wildman–Crippen LogP) is 3.53. The zero-order valence-electron chi connectivity index (χ0n) is 14.1. The number of nitrogens with zero attached hydrogens (tertiary/aromatic N) is 3. The molecule has 3 rings (SSSR count). The van der Waals surface area contributed by atoms with E-state index in [1.807, 2.05) is 0 Å². The Hall–Kier alpha value is -4.34. The molecule has 0 unspecified atom stereocenters. The van der Waals surface area contributed by atoms with Crippen molar-refractivity contribution in [2.45, 2.75) is 0 Å². The molecule has 0 saturated heterocycles. The Morgan fingerprint density at radius 1 is 1.00 bits per heavy atom. The van der Waals surface area contributed by atoms with E-state index in [0.717, 1.165) is 0 Å². The molecule has 0 aliphatic rings. The minimum absolute atomic E-state index is 0.0687. The highest BCUT2D eigenvalue weighted by atomic mass is 16.6. The van der Waals surface area contributed by atoms with Crippen molar-refractivity contribution < 1.29 is 19.1 Å². The molecule has 3 aromatic rings. The minimum Gasteiger partial charge on any atom is -0.455 e. The molecule has 0 fully saturated rings. The zero-order chi connectivity index (χ0) is 20.1. The molecule has 28 heavy (non-hydrogen) atoms. The highest BCUT2D eigenvalue weighted by Crippen LogP contribution is 2.25. The van der Waals surface area contributed by atoms with Gasteiger partial charge in [-0.1, -0.05) is 24.3 Å². The third kappa shape index (κ3) is 4.07. The van der Waals surface area contributed by atoms with Crippen LogP contribution in [0.1, 0.15) is 16.1 Å². The third-order valence-corrected chi connectivity index (χ3v) is 3.67. The standard InChI is InChI=1S/C18H12N4O6/c23-18(15-6-1-2-7-16(15)22(26)27)20-19-11-14-8-9-17(28-14)12-4-3-5-13(10-12)21(24)25/h1-11H,(H,20,23). The number of carbonyl (C=O) groups is 1. The summed E-state index contributed by atoms with van der Waals surface area (Å²) in [7, 11) is 0. The zero-order valence-corrected chi connectivity index (χ0v) is 14.1. The molecule has 2 aromatic carbocycles. The summed E-state index contributed by atoms with van der Waals surface area (Å²) in [6.45, 7) is 0. The van der Waals surface area contributed by atoms with Crippen molar-refractivity contribution in [1.29, 1.82) is 0 Å². The van der Waals surface area contributed by atoms with Crippen LogP contribution in [0.15, 0.2) is 70.2 Å². The predicted molar refractivity (Wildman–Crippen MR) is 99.0 cm³/mol. The summed E-state index contributed by atoms with van der Waals surface area (Å²) in [5.41, 5.74) is 2.18. The number of nitro benzene ring substituents is 2. The SMILES string of the molecule is O=C(NN=Cc1ccc(-c2cccc([N+](=O)[O-])c2)o1)c1ccccc1[N+](=O)[O-]. The van der Waals surface area contributed by atoms with Gasteiger partial charge in [0.05, 0.1) is 16.1 Å². The summed E-state index contributed by atoms with van der Waals surface area (Å²) in [6.07, 6.45) is 1.22. The molecule has 10 heteroatoms. The topological polar surface area (TPSA) is 141 Å². The molecule has 0 aliphatic carbocycles. The van der Waals surface area contributed by atoms with E-state index in [0.29, 0.717) is 11.3 Å². The van der Waals surface area contributed by atoms with Crippen LogP contribution in [0.2, 0.25) is 0 Å². The van der Waals surface area contributed by atoms with Gasteiger partial charge in [0.2, 0.25) is 0 Å². The van der Waals surface area contributed by atoms with Crippen molar-refractivity contribution in [3.05, 3.63) is 92.2 Å². The van der Waals surface area contributed by atoms with Crippen LogP contribution in [0.25, 0.3) is 11.3 Å². The lowest BCUT2D eigenvalue weighted by atomic mass is 10.1. The fourth-order valence-electron chi connectivity index (χ4n) is 2.39. The Morgan fingerprint density at radius 3 is 2.54 bits per heavy atom. The lowest BCUT2D eigenvalue weighted by molar-refractivity contribution is -0.385. The number of para-hydroxylation sites is 1. The van der Waals surface area contributed by atoms with E-state index in [4.69, 9.17) is 4.42 Å². The Morgan fingerprint density at radius 2 is 1.79 bits per heavy atom. The number of benzene rings is 2. The molecule has 0 atom stereocenters. The van der Waals surface area contributed by atoms with E-state index < -0.39 is 15.8 Å². The quantitative estimate of drug-likeness (QED) is 0.394. The number of nitrogens with one attached hydrogen (secondary N) is 1. The first-order valence-electron chi connectivity index (χ1n) is 7.87. The van der Waals surface area contributed by atoms with Crippen molar-refractivity contribution in [2.24, 2.45) is 5.10 Å². The summed E-state index contributed by atoms with van der Waals surface area (Å²) in [6, 6.07) is 14.6. The van der Waals surface area contributed by atoms with E-state index in [1.165, 1.54) is 48.7 Å². The molecule has 0 bridgehead atoms. The first-order valence-corrected chi connectivity index (χ1v) is 7.87. The van der Waals surface area contributed by atoms with E-state index in [2.05, 4.69) is 10.5 Å². The van der Waals surface area contributed by atoms with Crippen molar-refractivity contribution >= 4 is 23.5 Å². The van der Waals surface area contributed by atoms with Gasteiger partial charge < -0.3 is 4.42 Å². The van der Waals surface area contributed by atoms with Gasteiger partial charge in [-0.3, -0.25) is 25.0 Å². The lowest BCUT2D eigenvalue weighted by Crippen LogP contribution is -2.18. The Labute approximate surface area is 157 Å². The van der Waals surface area contributed by atoms with Crippen molar-refractivity contribution in [1.82, 2.24) is 5.43 Å². The van der Waals surface area contributed by atoms with E-state index in [1.54, 1.807) is 18.2 Å². The second kappa shape index (κ2) is 7.91. The highest BCUT2D eigenvalue weighted by molar-refractivity contribution is 5.98. The van der Waals surface area contributed by atoms with Crippen molar-refractivity contribution in [2.75, 3.05) is 0 Å². The number of furan rings is 1. The molecule has 0 saturated carbocycles. The number of hydrogen-bond acceptors (Lipinski definition) is 7. The average molecular weight is 380 g/mol. The van der Waals surface area contributed by atoms with Gasteiger partial charge >= 0.3 is 0 Å². The third-order valence-electron chi connectivity index (χ3n) is 3.67. The molecule has 1 aromatic heterocycles. The number of amides is 1. The van der Waals surface area contributed by atoms with Crippen LogP contribution in [0.3, 0.4) is 0 Å². The molecule has 140 valence electrons. The molecule has 1 heterocycles. The van der Waals surface area contributed by atoms with Crippen LogP contribution < -0.4 is 5.43 Å². The van der Waals surface area contributed by atoms with Crippen molar-refractivity contribution in [3.63, 3.8) is 0 Å². The number of nitro groups is 2. The number of hydrazone groups is 1. The van der Waals surface area contributed by atoms with Crippen LogP contribution >= 0.6 is 0 Å². The Kier molecular flexibility index (Phi) is 5.21. The number of non-ortho nitro benzene ring substituents is 1. The summed E-state index contributed by atoms with van der Waals surface area (Å²) < 4.78 is 5.52. The van der Waals surface area contributed by atoms with Crippen LogP contribution in [0, 0.1) is 20.2 Å². The minimum atomic E-state index is -0.742. The van der Waals surface area contributed by atoms with E-state index in [9.17, 15) is 25.0 Å². The van der Waals surface area contributed by atoms with E-state index >= 15 is 0 Å². The second-order valence-electron chi connectivity index (χ2n) is 5.48. The Bertz CT molecular complexity index is 1090. The molecule has 0 spiro atoms. The molecule has 0 radical (unpaired) electrons. The lowest BCUT2D eigenvalue weighted by Gasteiger charge is -2.00.